The third-order valence-corrected chi connectivity index (χ3v) is 6.85. The predicted molar refractivity (Wildman–Crippen MR) is 115 cm³/mol. The van der Waals surface area contributed by atoms with Gasteiger partial charge in [0.15, 0.2) is 5.96 Å². The molecule has 1 amide bonds. The molecule has 1 unspecified atom stereocenters. The number of guanidine groups is 1. The van der Waals surface area contributed by atoms with Crippen molar-refractivity contribution in [3.8, 4) is 0 Å². The lowest BCUT2D eigenvalue weighted by atomic mass is 10.1. The predicted octanol–water partition coefficient (Wildman–Crippen LogP) is 3.72. The van der Waals surface area contributed by atoms with Gasteiger partial charge in [0.05, 0.1) is 0 Å². The molecule has 0 spiro atoms. The van der Waals surface area contributed by atoms with E-state index in [2.05, 4.69) is 51.3 Å². The molecule has 2 aliphatic rings. The summed E-state index contributed by atoms with van der Waals surface area (Å²) >= 11 is 2.06. The summed E-state index contributed by atoms with van der Waals surface area (Å²) in [5.74, 6) is 2.48. The molecule has 6 heteroatoms. The van der Waals surface area contributed by atoms with Crippen molar-refractivity contribution in [1.82, 2.24) is 10.2 Å². The molecule has 148 valence electrons. The molecule has 2 fully saturated rings. The average Bonchev–Trinajstić information content (AvgIpc) is 3.24. The number of anilines is 1. The third kappa shape index (κ3) is 5.64. The molecule has 2 N–H and O–H groups in total. The molecule has 1 saturated carbocycles. The summed E-state index contributed by atoms with van der Waals surface area (Å²) in [4.78, 5) is 19.2. The van der Waals surface area contributed by atoms with Crippen LogP contribution in [0.25, 0.3) is 0 Å². The molecule has 0 aromatic heterocycles. The van der Waals surface area contributed by atoms with Crippen molar-refractivity contribution in [1.29, 1.82) is 0 Å². The second-order valence-electron chi connectivity index (χ2n) is 7.42. The zero-order valence-electron chi connectivity index (χ0n) is 16.5. The molecule has 3 rings (SSSR count). The lowest BCUT2D eigenvalue weighted by Gasteiger charge is -2.34. The standard InChI is InChI=1S/C21H32N4OS/c1-3-19-15-25(11-12-27-19)21(22-2)23-14-16-7-6-10-18(13-16)24-20(26)17-8-4-5-9-17/h6-7,10,13,17,19H,3-5,8-9,11-12,14-15H2,1-2H3,(H,22,23)(H,24,26). The number of nitrogens with one attached hydrogen (secondary N) is 2. The van der Waals surface area contributed by atoms with Crippen LogP contribution in [0.1, 0.15) is 44.6 Å². The van der Waals surface area contributed by atoms with Gasteiger partial charge in [-0.05, 0) is 37.0 Å². The van der Waals surface area contributed by atoms with Crippen LogP contribution in [0.4, 0.5) is 5.69 Å². The fraction of sp³-hybridized carbons (Fsp3) is 0.619. The Morgan fingerprint density at radius 2 is 2.15 bits per heavy atom. The minimum Gasteiger partial charge on any atom is -0.352 e. The highest BCUT2D eigenvalue weighted by Crippen LogP contribution is 2.26. The van der Waals surface area contributed by atoms with Crippen molar-refractivity contribution < 1.29 is 4.79 Å². The van der Waals surface area contributed by atoms with Gasteiger partial charge in [0.2, 0.25) is 5.91 Å². The van der Waals surface area contributed by atoms with Crippen molar-refractivity contribution in [2.75, 3.05) is 31.2 Å². The smallest absolute Gasteiger partial charge is 0.227 e. The molecule has 1 saturated heterocycles. The summed E-state index contributed by atoms with van der Waals surface area (Å²) in [6.07, 6.45) is 5.59. The maximum atomic E-state index is 12.3. The molecule has 0 bridgehead atoms. The zero-order chi connectivity index (χ0) is 19.1. The van der Waals surface area contributed by atoms with E-state index >= 15 is 0 Å². The van der Waals surface area contributed by atoms with E-state index in [4.69, 9.17) is 0 Å². The molecule has 1 aromatic rings. The van der Waals surface area contributed by atoms with E-state index in [9.17, 15) is 4.79 Å². The van der Waals surface area contributed by atoms with Crippen LogP contribution in [0.5, 0.6) is 0 Å². The summed E-state index contributed by atoms with van der Waals surface area (Å²) < 4.78 is 0. The maximum Gasteiger partial charge on any atom is 0.227 e. The average molecular weight is 389 g/mol. The molecule has 5 nitrogen and oxygen atoms in total. The summed E-state index contributed by atoms with van der Waals surface area (Å²) in [6, 6.07) is 8.13. The molecule has 1 aromatic carbocycles. The minimum absolute atomic E-state index is 0.171. The maximum absolute atomic E-state index is 12.3. The van der Waals surface area contributed by atoms with Gasteiger partial charge in [-0.25, -0.2) is 0 Å². The van der Waals surface area contributed by atoms with Crippen LogP contribution in [0.2, 0.25) is 0 Å². The van der Waals surface area contributed by atoms with Gasteiger partial charge in [0.25, 0.3) is 0 Å². The van der Waals surface area contributed by atoms with Crippen molar-refractivity contribution in [2.45, 2.75) is 50.8 Å². The number of aliphatic imine (C=N–C) groups is 1. The second kappa shape index (κ2) is 10.0. The normalized spacial score (nSPS) is 21.3. The number of carbonyl (C=O) groups is 1. The van der Waals surface area contributed by atoms with Crippen molar-refractivity contribution in [2.24, 2.45) is 10.9 Å². The van der Waals surface area contributed by atoms with E-state index in [-0.39, 0.29) is 11.8 Å². The molecular weight excluding hydrogens is 356 g/mol. The number of thioether (sulfide) groups is 1. The lowest BCUT2D eigenvalue weighted by Crippen LogP contribution is -2.47. The van der Waals surface area contributed by atoms with E-state index in [1.54, 1.807) is 0 Å². The van der Waals surface area contributed by atoms with Crippen LogP contribution in [-0.4, -0.2) is 47.9 Å². The molecule has 1 aliphatic heterocycles. The Hall–Kier alpha value is -1.69. The van der Waals surface area contributed by atoms with E-state index in [0.717, 1.165) is 48.9 Å². The van der Waals surface area contributed by atoms with E-state index in [0.29, 0.717) is 11.8 Å². The number of nitrogens with zero attached hydrogens (tertiary/aromatic N) is 2. The SMILES string of the molecule is CCC1CN(C(=NC)NCc2cccc(NC(=O)C3CCCC3)c2)CCS1. The van der Waals surface area contributed by atoms with Gasteiger partial charge in [0.1, 0.15) is 0 Å². The van der Waals surface area contributed by atoms with Crippen LogP contribution >= 0.6 is 11.8 Å². The molecule has 1 atom stereocenters. The second-order valence-corrected chi connectivity index (χ2v) is 8.83. The lowest BCUT2D eigenvalue weighted by molar-refractivity contribution is -0.119. The molecule has 0 radical (unpaired) electrons. The number of carbonyl (C=O) groups excluding carboxylic acids is 1. The molecule has 27 heavy (non-hydrogen) atoms. The van der Waals surface area contributed by atoms with Crippen molar-refractivity contribution >= 4 is 29.3 Å². The quantitative estimate of drug-likeness (QED) is 0.596. The Balaban J connectivity index is 1.54. The van der Waals surface area contributed by atoms with Crippen LogP contribution in [-0.2, 0) is 11.3 Å². The number of amides is 1. The summed E-state index contributed by atoms with van der Waals surface area (Å²) in [5.41, 5.74) is 2.04. The van der Waals surface area contributed by atoms with Gasteiger partial charge in [-0.3, -0.25) is 9.79 Å². The Bertz CT molecular complexity index is 657. The highest BCUT2D eigenvalue weighted by Gasteiger charge is 2.23. The molecule has 1 heterocycles. The van der Waals surface area contributed by atoms with Crippen molar-refractivity contribution in [3.63, 3.8) is 0 Å². The first-order valence-corrected chi connectivity index (χ1v) is 11.2. The van der Waals surface area contributed by atoms with Crippen LogP contribution in [0.15, 0.2) is 29.3 Å². The van der Waals surface area contributed by atoms with Gasteiger partial charge in [-0.2, -0.15) is 11.8 Å². The largest absolute Gasteiger partial charge is 0.352 e. The van der Waals surface area contributed by atoms with Gasteiger partial charge in [0, 0.05) is 49.3 Å². The van der Waals surface area contributed by atoms with Gasteiger partial charge < -0.3 is 15.5 Å². The first-order chi connectivity index (χ1) is 13.2. The fourth-order valence-electron chi connectivity index (χ4n) is 3.86. The zero-order valence-corrected chi connectivity index (χ0v) is 17.4. The Labute approximate surface area is 167 Å². The molecular formula is C21H32N4OS. The Morgan fingerprint density at radius 3 is 2.89 bits per heavy atom. The van der Waals surface area contributed by atoms with Gasteiger partial charge in [-0.15, -0.1) is 0 Å². The Morgan fingerprint density at radius 1 is 1.33 bits per heavy atom. The fourth-order valence-corrected chi connectivity index (χ4v) is 5.04. The molecule has 1 aliphatic carbocycles. The number of benzene rings is 1. The number of rotatable bonds is 5. The minimum atomic E-state index is 0.171. The third-order valence-electron chi connectivity index (χ3n) is 5.48. The summed E-state index contributed by atoms with van der Waals surface area (Å²) in [7, 11) is 1.85. The highest BCUT2D eigenvalue weighted by atomic mass is 32.2. The van der Waals surface area contributed by atoms with Crippen molar-refractivity contribution in [3.05, 3.63) is 29.8 Å². The first kappa shape index (κ1) is 20.1. The highest BCUT2D eigenvalue weighted by molar-refractivity contribution is 8.00. The van der Waals surface area contributed by atoms with E-state index in [1.807, 2.05) is 19.2 Å². The number of hydrogen-bond donors (Lipinski definition) is 2. The summed E-state index contributed by atoms with van der Waals surface area (Å²) in [5, 5.41) is 7.27. The van der Waals surface area contributed by atoms with Crippen LogP contribution in [0.3, 0.4) is 0 Å². The number of hydrogen-bond acceptors (Lipinski definition) is 3. The Kier molecular flexibility index (Phi) is 7.44. The summed E-state index contributed by atoms with van der Waals surface area (Å²) in [6.45, 7) is 5.06. The van der Waals surface area contributed by atoms with Crippen LogP contribution < -0.4 is 10.6 Å². The first-order valence-electron chi connectivity index (χ1n) is 10.2. The van der Waals surface area contributed by atoms with Gasteiger partial charge in [-0.1, -0.05) is 31.9 Å². The monoisotopic (exact) mass is 388 g/mol. The van der Waals surface area contributed by atoms with E-state index in [1.165, 1.54) is 19.3 Å². The van der Waals surface area contributed by atoms with E-state index < -0.39 is 0 Å². The van der Waals surface area contributed by atoms with Crippen LogP contribution in [0, 0.1) is 5.92 Å². The van der Waals surface area contributed by atoms with Gasteiger partial charge >= 0.3 is 0 Å². The topological polar surface area (TPSA) is 56.7 Å².